The average Bonchev–Trinajstić information content (AvgIpc) is 2.85. The van der Waals surface area contributed by atoms with E-state index in [1.807, 2.05) is 97.1 Å². The zero-order chi connectivity index (χ0) is 21.4. The first-order valence-corrected chi connectivity index (χ1v) is 11.7. The molecule has 0 bridgehead atoms. The Balaban J connectivity index is 1.73. The molecule has 0 aliphatic rings. The highest BCUT2D eigenvalue weighted by Gasteiger charge is 2.37. The molecular weight excluding hydrogens is 398 g/mol. The highest BCUT2D eigenvalue weighted by Crippen LogP contribution is 2.37. The van der Waals surface area contributed by atoms with Crippen molar-refractivity contribution in [3.63, 3.8) is 0 Å². The van der Waals surface area contributed by atoms with E-state index < -0.39 is 16.5 Å². The Morgan fingerprint density at radius 2 is 1.00 bits per heavy atom. The van der Waals surface area contributed by atoms with Gasteiger partial charge < -0.3 is 0 Å². The Hall–Kier alpha value is -3.27. The summed E-state index contributed by atoms with van der Waals surface area (Å²) in [5.41, 5.74) is 3.52. The van der Waals surface area contributed by atoms with E-state index in [9.17, 15) is 4.21 Å². The first kappa shape index (κ1) is 21.0. The molecule has 1 unspecified atom stereocenters. The van der Waals surface area contributed by atoms with Crippen molar-refractivity contribution in [2.75, 3.05) is 5.75 Å². The predicted molar refractivity (Wildman–Crippen MR) is 131 cm³/mol. The SMILES string of the molecule is O=S(C/C=C/c1ccccc1)NC(c1ccccc1)(c1ccccc1)c1ccccc1. The van der Waals surface area contributed by atoms with Gasteiger partial charge >= 0.3 is 0 Å². The molecule has 4 aromatic rings. The zero-order valence-corrected chi connectivity index (χ0v) is 18.0. The summed E-state index contributed by atoms with van der Waals surface area (Å²) < 4.78 is 16.8. The van der Waals surface area contributed by atoms with Gasteiger partial charge in [0.15, 0.2) is 0 Å². The van der Waals surface area contributed by atoms with Crippen LogP contribution in [0.2, 0.25) is 0 Å². The molecule has 0 aliphatic carbocycles. The molecule has 2 nitrogen and oxygen atoms in total. The molecule has 1 N–H and O–H groups in total. The van der Waals surface area contributed by atoms with Gasteiger partial charge in [-0.3, -0.25) is 0 Å². The van der Waals surface area contributed by atoms with E-state index in [0.29, 0.717) is 5.75 Å². The van der Waals surface area contributed by atoms with E-state index in [1.165, 1.54) is 0 Å². The van der Waals surface area contributed by atoms with Gasteiger partial charge in [0.25, 0.3) is 0 Å². The Kier molecular flexibility index (Phi) is 6.88. The van der Waals surface area contributed by atoms with Crippen molar-refractivity contribution in [2.24, 2.45) is 0 Å². The minimum atomic E-state index is -1.30. The number of hydrogen-bond acceptors (Lipinski definition) is 1. The van der Waals surface area contributed by atoms with Gasteiger partial charge in [0.05, 0.1) is 16.7 Å². The van der Waals surface area contributed by atoms with Crippen LogP contribution in [-0.4, -0.2) is 9.96 Å². The number of nitrogens with one attached hydrogen (secondary N) is 1. The molecule has 3 heteroatoms. The molecule has 0 saturated heterocycles. The number of hydrogen-bond donors (Lipinski definition) is 1. The lowest BCUT2D eigenvalue weighted by Gasteiger charge is -2.36. The molecule has 0 heterocycles. The Labute approximate surface area is 186 Å². The molecule has 0 aliphatic heterocycles. The molecule has 0 saturated carbocycles. The third kappa shape index (κ3) is 4.91. The summed E-state index contributed by atoms with van der Waals surface area (Å²) in [6.45, 7) is 0. The summed E-state index contributed by atoms with van der Waals surface area (Å²) in [7, 11) is -1.30. The number of benzene rings is 4. The first-order chi connectivity index (χ1) is 15.3. The van der Waals surface area contributed by atoms with Gasteiger partial charge in [0, 0.05) is 0 Å². The molecule has 0 spiro atoms. The van der Waals surface area contributed by atoms with Crippen LogP contribution in [-0.2, 0) is 16.5 Å². The maximum atomic E-state index is 13.3. The molecule has 0 radical (unpaired) electrons. The van der Waals surface area contributed by atoms with Gasteiger partial charge in [-0.1, -0.05) is 133 Å². The van der Waals surface area contributed by atoms with Crippen LogP contribution in [0.4, 0.5) is 0 Å². The lowest BCUT2D eigenvalue weighted by Crippen LogP contribution is -2.46. The summed E-state index contributed by atoms with van der Waals surface area (Å²) in [6, 6.07) is 40.7. The van der Waals surface area contributed by atoms with E-state index in [1.54, 1.807) is 0 Å². The maximum Gasteiger partial charge on any atom is 0.106 e. The third-order valence-electron chi connectivity index (χ3n) is 5.24. The second-order valence-electron chi connectivity index (χ2n) is 7.28. The number of rotatable bonds is 8. The van der Waals surface area contributed by atoms with E-state index in [-0.39, 0.29) is 0 Å². The van der Waals surface area contributed by atoms with Crippen molar-refractivity contribution in [1.29, 1.82) is 0 Å². The molecule has 0 fully saturated rings. The molecule has 0 aromatic heterocycles. The molecule has 1 atom stereocenters. The normalized spacial score (nSPS) is 12.6. The molecule has 4 rings (SSSR count). The molecule has 4 aromatic carbocycles. The Bertz CT molecular complexity index is 1030. The second-order valence-corrected chi connectivity index (χ2v) is 8.50. The fourth-order valence-corrected chi connectivity index (χ4v) is 4.84. The maximum absolute atomic E-state index is 13.3. The van der Waals surface area contributed by atoms with Gasteiger partial charge in [-0.05, 0) is 22.3 Å². The summed E-state index contributed by atoms with van der Waals surface area (Å²) in [5, 5.41) is 0. The van der Waals surface area contributed by atoms with E-state index in [0.717, 1.165) is 22.3 Å². The topological polar surface area (TPSA) is 29.1 Å². The van der Waals surface area contributed by atoms with Crippen molar-refractivity contribution in [3.05, 3.63) is 150 Å². The molecular formula is C28H25NOS. The van der Waals surface area contributed by atoms with Gasteiger partial charge in [-0.25, -0.2) is 8.93 Å². The highest BCUT2D eigenvalue weighted by atomic mass is 32.2. The minimum Gasteiger partial charge on any atom is -0.243 e. The summed E-state index contributed by atoms with van der Waals surface area (Å²) >= 11 is 0. The van der Waals surface area contributed by atoms with Crippen molar-refractivity contribution in [1.82, 2.24) is 4.72 Å². The molecule has 154 valence electrons. The summed E-state index contributed by atoms with van der Waals surface area (Å²) in [6.07, 6.45) is 3.97. The van der Waals surface area contributed by atoms with E-state index >= 15 is 0 Å². The van der Waals surface area contributed by atoms with Crippen LogP contribution in [0.25, 0.3) is 6.08 Å². The predicted octanol–water partition coefficient (Wildman–Crippen LogP) is 5.95. The lowest BCUT2D eigenvalue weighted by atomic mass is 9.78. The van der Waals surface area contributed by atoms with Crippen LogP contribution < -0.4 is 4.72 Å². The fourth-order valence-electron chi connectivity index (χ4n) is 3.79. The Morgan fingerprint density at radius 3 is 1.42 bits per heavy atom. The monoisotopic (exact) mass is 423 g/mol. The van der Waals surface area contributed by atoms with E-state index in [4.69, 9.17) is 0 Å². The van der Waals surface area contributed by atoms with E-state index in [2.05, 4.69) is 41.1 Å². The van der Waals surface area contributed by atoms with Crippen LogP contribution in [0.1, 0.15) is 22.3 Å². The fraction of sp³-hybridized carbons (Fsp3) is 0.0714. The van der Waals surface area contributed by atoms with Crippen LogP contribution in [0, 0.1) is 0 Å². The lowest BCUT2D eigenvalue weighted by molar-refractivity contribution is 0.576. The van der Waals surface area contributed by atoms with Crippen LogP contribution in [0.5, 0.6) is 0 Å². The smallest absolute Gasteiger partial charge is 0.106 e. The van der Waals surface area contributed by atoms with Gasteiger partial charge in [0.1, 0.15) is 5.54 Å². The largest absolute Gasteiger partial charge is 0.243 e. The van der Waals surface area contributed by atoms with Crippen molar-refractivity contribution in [2.45, 2.75) is 5.54 Å². The molecule has 0 amide bonds. The average molecular weight is 424 g/mol. The quantitative estimate of drug-likeness (QED) is 0.349. The van der Waals surface area contributed by atoms with Crippen molar-refractivity contribution in [3.8, 4) is 0 Å². The third-order valence-corrected chi connectivity index (χ3v) is 6.27. The first-order valence-electron chi connectivity index (χ1n) is 10.3. The van der Waals surface area contributed by atoms with Gasteiger partial charge in [0.2, 0.25) is 0 Å². The van der Waals surface area contributed by atoms with Crippen LogP contribution in [0.3, 0.4) is 0 Å². The minimum absolute atomic E-state index is 0.406. The van der Waals surface area contributed by atoms with Crippen LogP contribution in [0.15, 0.2) is 127 Å². The standard InChI is InChI=1S/C28H25NOS/c30-31(23-13-16-24-14-5-1-6-15-24)29-28(25-17-7-2-8-18-25,26-19-9-3-10-20-26)27-21-11-4-12-22-27/h1-22,29H,23H2/b16-13+. The summed E-state index contributed by atoms with van der Waals surface area (Å²) in [5.74, 6) is 0.406. The zero-order valence-electron chi connectivity index (χ0n) is 17.2. The van der Waals surface area contributed by atoms with Gasteiger partial charge in [-0.15, -0.1) is 0 Å². The van der Waals surface area contributed by atoms with Crippen molar-refractivity contribution < 1.29 is 4.21 Å². The highest BCUT2D eigenvalue weighted by molar-refractivity contribution is 7.83. The van der Waals surface area contributed by atoms with Gasteiger partial charge in [-0.2, -0.15) is 0 Å². The van der Waals surface area contributed by atoms with Crippen molar-refractivity contribution >= 4 is 17.1 Å². The second kappa shape index (κ2) is 10.2. The summed E-state index contributed by atoms with van der Waals surface area (Å²) in [4.78, 5) is 0. The molecule has 31 heavy (non-hydrogen) atoms. The van der Waals surface area contributed by atoms with Crippen LogP contribution >= 0.6 is 0 Å². The Morgan fingerprint density at radius 1 is 0.613 bits per heavy atom.